The molecule has 3 rings (SSSR count). The Balaban J connectivity index is 1.81. The van der Waals surface area contributed by atoms with E-state index in [9.17, 15) is 9.90 Å². The van der Waals surface area contributed by atoms with E-state index in [-0.39, 0.29) is 5.91 Å². The fourth-order valence-corrected chi connectivity index (χ4v) is 3.10. The molecule has 0 aromatic heterocycles. The van der Waals surface area contributed by atoms with E-state index < -0.39 is 5.60 Å². The third-order valence-corrected chi connectivity index (χ3v) is 4.61. The first-order valence-electron chi connectivity index (χ1n) is 8.89. The van der Waals surface area contributed by atoms with Gasteiger partial charge < -0.3 is 15.2 Å². The topological polar surface area (TPSA) is 58.6 Å². The number of hydrogen-bond acceptors (Lipinski definition) is 3. The molecule has 0 spiro atoms. The van der Waals surface area contributed by atoms with Gasteiger partial charge in [-0.05, 0) is 35.4 Å². The highest BCUT2D eigenvalue weighted by molar-refractivity contribution is 5.94. The van der Waals surface area contributed by atoms with Gasteiger partial charge in [0, 0.05) is 18.5 Å². The van der Waals surface area contributed by atoms with Gasteiger partial charge in [0.1, 0.15) is 11.4 Å². The van der Waals surface area contributed by atoms with Crippen molar-refractivity contribution in [3.8, 4) is 5.75 Å². The van der Waals surface area contributed by atoms with Crippen molar-refractivity contribution in [3.63, 3.8) is 0 Å². The van der Waals surface area contributed by atoms with Crippen molar-refractivity contribution in [3.05, 3.63) is 102 Å². The van der Waals surface area contributed by atoms with Gasteiger partial charge in [-0.25, -0.2) is 0 Å². The molecule has 0 saturated heterocycles. The highest BCUT2D eigenvalue weighted by atomic mass is 16.5. The minimum absolute atomic E-state index is 0.156. The maximum Gasteiger partial charge on any atom is 0.251 e. The Hall–Kier alpha value is -3.11. The summed E-state index contributed by atoms with van der Waals surface area (Å²) in [7, 11) is 1.60. The molecule has 0 heterocycles. The SMILES string of the molecule is COc1cccc(C(O)(CCNC(=O)c2ccccc2)c2ccccc2)c1. The largest absolute Gasteiger partial charge is 0.497 e. The summed E-state index contributed by atoms with van der Waals surface area (Å²) in [6.45, 7) is 0.330. The van der Waals surface area contributed by atoms with Crippen LogP contribution in [0.2, 0.25) is 0 Å². The van der Waals surface area contributed by atoms with Gasteiger partial charge >= 0.3 is 0 Å². The molecule has 1 amide bonds. The van der Waals surface area contributed by atoms with E-state index in [0.29, 0.717) is 24.3 Å². The summed E-state index contributed by atoms with van der Waals surface area (Å²) >= 11 is 0. The van der Waals surface area contributed by atoms with Crippen LogP contribution in [0.3, 0.4) is 0 Å². The average Bonchev–Trinajstić information content (AvgIpc) is 2.74. The maximum atomic E-state index is 12.3. The number of aliphatic hydroxyl groups is 1. The van der Waals surface area contributed by atoms with E-state index in [0.717, 1.165) is 11.1 Å². The fourth-order valence-electron chi connectivity index (χ4n) is 3.10. The van der Waals surface area contributed by atoms with Gasteiger partial charge in [0.2, 0.25) is 0 Å². The first-order chi connectivity index (χ1) is 13.1. The Labute approximate surface area is 159 Å². The molecule has 27 heavy (non-hydrogen) atoms. The van der Waals surface area contributed by atoms with Crippen molar-refractivity contribution in [1.82, 2.24) is 5.32 Å². The number of methoxy groups -OCH3 is 1. The van der Waals surface area contributed by atoms with Crippen molar-refractivity contribution in [2.45, 2.75) is 12.0 Å². The van der Waals surface area contributed by atoms with E-state index in [4.69, 9.17) is 4.74 Å². The van der Waals surface area contributed by atoms with Crippen LogP contribution in [0.1, 0.15) is 27.9 Å². The van der Waals surface area contributed by atoms with Crippen LogP contribution in [-0.4, -0.2) is 24.7 Å². The van der Waals surface area contributed by atoms with Crippen molar-refractivity contribution >= 4 is 5.91 Å². The van der Waals surface area contributed by atoms with Crippen LogP contribution < -0.4 is 10.1 Å². The van der Waals surface area contributed by atoms with E-state index in [1.54, 1.807) is 19.2 Å². The first-order valence-corrected chi connectivity index (χ1v) is 8.89. The molecule has 2 N–H and O–H groups in total. The number of carbonyl (C=O) groups excluding carboxylic acids is 1. The molecule has 1 atom stereocenters. The molecule has 138 valence electrons. The lowest BCUT2D eigenvalue weighted by Gasteiger charge is -2.30. The van der Waals surface area contributed by atoms with Crippen LogP contribution in [0.25, 0.3) is 0 Å². The van der Waals surface area contributed by atoms with Gasteiger partial charge in [-0.3, -0.25) is 4.79 Å². The van der Waals surface area contributed by atoms with E-state index in [2.05, 4.69) is 5.32 Å². The zero-order valence-electron chi connectivity index (χ0n) is 15.3. The lowest BCUT2D eigenvalue weighted by atomic mass is 9.83. The van der Waals surface area contributed by atoms with Crippen LogP contribution in [-0.2, 0) is 5.60 Å². The second-order valence-corrected chi connectivity index (χ2v) is 6.33. The molecule has 0 radical (unpaired) electrons. The maximum absolute atomic E-state index is 12.3. The number of hydrogen-bond donors (Lipinski definition) is 2. The zero-order valence-corrected chi connectivity index (χ0v) is 15.3. The standard InChI is InChI=1S/C23H23NO3/c1-27-21-14-8-13-20(17-21)23(26,19-11-6-3-7-12-19)15-16-24-22(25)18-9-4-2-5-10-18/h2-14,17,26H,15-16H2,1H3,(H,24,25). The average molecular weight is 361 g/mol. The molecule has 0 bridgehead atoms. The Morgan fingerprint density at radius 1 is 0.926 bits per heavy atom. The predicted octanol–water partition coefficient (Wildman–Crippen LogP) is 3.75. The number of rotatable bonds is 7. The molecular formula is C23H23NO3. The number of benzene rings is 3. The number of carbonyl (C=O) groups is 1. The second kappa shape index (κ2) is 8.52. The molecular weight excluding hydrogens is 338 g/mol. The molecule has 4 nitrogen and oxygen atoms in total. The smallest absolute Gasteiger partial charge is 0.251 e. The van der Waals surface area contributed by atoms with Gasteiger partial charge in [0.05, 0.1) is 7.11 Å². The monoisotopic (exact) mass is 361 g/mol. The van der Waals surface area contributed by atoms with Crippen molar-refractivity contribution in [2.24, 2.45) is 0 Å². The van der Waals surface area contributed by atoms with Gasteiger partial charge in [0.15, 0.2) is 0 Å². The molecule has 1 unspecified atom stereocenters. The highest BCUT2D eigenvalue weighted by Crippen LogP contribution is 2.34. The molecule has 0 fully saturated rings. The number of ether oxygens (including phenoxy) is 1. The third kappa shape index (κ3) is 4.36. The summed E-state index contributed by atoms with van der Waals surface area (Å²) in [6, 6.07) is 25.9. The van der Waals surface area contributed by atoms with Crippen LogP contribution in [0.15, 0.2) is 84.9 Å². The van der Waals surface area contributed by atoms with Crippen LogP contribution in [0.5, 0.6) is 5.75 Å². The summed E-state index contributed by atoms with van der Waals surface area (Å²) < 4.78 is 5.31. The molecule has 4 heteroatoms. The number of nitrogens with one attached hydrogen (secondary N) is 1. The summed E-state index contributed by atoms with van der Waals surface area (Å²) in [4.78, 5) is 12.3. The van der Waals surface area contributed by atoms with Gasteiger partial charge in [-0.1, -0.05) is 60.7 Å². The van der Waals surface area contributed by atoms with E-state index in [1.165, 1.54) is 0 Å². The molecule has 0 aliphatic heterocycles. The van der Waals surface area contributed by atoms with E-state index in [1.807, 2.05) is 72.8 Å². The molecule has 3 aromatic carbocycles. The van der Waals surface area contributed by atoms with Crippen LogP contribution in [0, 0.1) is 0 Å². The Bertz CT molecular complexity index is 880. The molecule has 0 aliphatic carbocycles. The Kier molecular flexibility index (Phi) is 5.89. The number of amides is 1. The lowest BCUT2D eigenvalue weighted by molar-refractivity contribution is 0.0688. The third-order valence-electron chi connectivity index (χ3n) is 4.61. The normalized spacial score (nSPS) is 12.8. The minimum atomic E-state index is -1.24. The quantitative estimate of drug-likeness (QED) is 0.674. The minimum Gasteiger partial charge on any atom is -0.497 e. The van der Waals surface area contributed by atoms with E-state index >= 15 is 0 Å². The molecule has 0 saturated carbocycles. The van der Waals surface area contributed by atoms with Crippen LogP contribution in [0.4, 0.5) is 0 Å². The van der Waals surface area contributed by atoms with Crippen LogP contribution >= 0.6 is 0 Å². The first kappa shape index (κ1) is 18.7. The lowest BCUT2D eigenvalue weighted by Crippen LogP contribution is -2.34. The summed E-state index contributed by atoms with van der Waals surface area (Å²) in [6.07, 6.45) is 0.336. The fraction of sp³-hybridized carbons (Fsp3) is 0.174. The van der Waals surface area contributed by atoms with Gasteiger partial charge in [0.25, 0.3) is 5.91 Å². The predicted molar refractivity (Wildman–Crippen MR) is 106 cm³/mol. The van der Waals surface area contributed by atoms with Gasteiger partial charge in [-0.15, -0.1) is 0 Å². The zero-order chi connectivity index (χ0) is 19.1. The Morgan fingerprint density at radius 2 is 1.56 bits per heavy atom. The second-order valence-electron chi connectivity index (χ2n) is 6.33. The summed E-state index contributed by atoms with van der Waals surface area (Å²) in [5, 5.41) is 14.4. The Morgan fingerprint density at radius 3 is 2.22 bits per heavy atom. The van der Waals surface area contributed by atoms with Crippen molar-refractivity contribution in [2.75, 3.05) is 13.7 Å². The van der Waals surface area contributed by atoms with Gasteiger partial charge in [-0.2, -0.15) is 0 Å². The summed E-state index contributed by atoms with van der Waals surface area (Å²) in [5.74, 6) is 0.520. The van der Waals surface area contributed by atoms with Crippen molar-refractivity contribution < 1.29 is 14.6 Å². The highest BCUT2D eigenvalue weighted by Gasteiger charge is 2.31. The summed E-state index contributed by atoms with van der Waals surface area (Å²) in [5.41, 5.74) is 0.858. The molecule has 3 aromatic rings. The molecule has 0 aliphatic rings. The van der Waals surface area contributed by atoms with Crippen molar-refractivity contribution in [1.29, 1.82) is 0 Å².